The first-order valence-corrected chi connectivity index (χ1v) is 8.56. The number of carbonyl (C=O) groups is 1. The van der Waals surface area contributed by atoms with Crippen molar-refractivity contribution in [1.29, 1.82) is 0 Å². The van der Waals surface area contributed by atoms with Crippen molar-refractivity contribution in [2.75, 3.05) is 5.32 Å². The number of aromatic nitrogens is 3. The first-order chi connectivity index (χ1) is 13.0. The number of amides is 1. The third-order valence-electron chi connectivity index (χ3n) is 4.27. The third-order valence-corrected chi connectivity index (χ3v) is 4.59. The molecule has 0 spiro atoms. The lowest BCUT2D eigenvalue weighted by Gasteiger charge is -2.10. The standard InChI is InChI=1S/C20H14ClFN4O/c1-12-3-2-4-17(21)19(12)25-20(27)16-9-23-11-18-15(16)10-24-26(18)14-7-5-13(22)6-8-14/h2-11H,1H3,(H,25,27). The van der Waals surface area contributed by atoms with E-state index in [1.165, 1.54) is 18.3 Å². The van der Waals surface area contributed by atoms with Crippen LogP contribution in [-0.2, 0) is 0 Å². The summed E-state index contributed by atoms with van der Waals surface area (Å²) in [5, 5.41) is 8.27. The quantitative estimate of drug-likeness (QED) is 0.556. The molecule has 0 fully saturated rings. The molecule has 0 saturated carbocycles. The van der Waals surface area contributed by atoms with E-state index >= 15 is 0 Å². The zero-order valence-corrected chi connectivity index (χ0v) is 15.0. The Hall–Kier alpha value is -3.25. The van der Waals surface area contributed by atoms with Gasteiger partial charge in [0.2, 0.25) is 0 Å². The fourth-order valence-corrected chi connectivity index (χ4v) is 3.15. The molecule has 2 aromatic heterocycles. The van der Waals surface area contributed by atoms with Gasteiger partial charge in [-0.3, -0.25) is 9.78 Å². The van der Waals surface area contributed by atoms with Crippen molar-refractivity contribution in [3.63, 3.8) is 0 Å². The summed E-state index contributed by atoms with van der Waals surface area (Å²) in [7, 11) is 0. The van der Waals surface area contributed by atoms with Crippen LogP contribution in [0.15, 0.2) is 61.1 Å². The maximum atomic E-state index is 13.2. The second-order valence-corrected chi connectivity index (χ2v) is 6.45. The van der Waals surface area contributed by atoms with Gasteiger partial charge in [0.25, 0.3) is 5.91 Å². The van der Waals surface area contributed by atoms with Gasteiger partial charge in [-0.05, 0) is 42.8 Å². The van der Waals surface area contributed by atoms with Crippen LogP contribution in [0.1, 0.15) is 15.9 Å². The third kappa shape index (κ3) is 3.15. The zero-order chi connectivity index (χ0) is 19.0. The van der Waals surface area contributed by atoms with E-state index < -0.39 is 0 Å². The Morgan fingerprint density at radius 1 is 1.11 bits per heavy atom. The molecule has 0 aliphatic rings. The largest absolute Gasteiger partial charge is 0.320 e. The number of fused-ring (bicyclic) bond motifs is 1. The first kappa shape index (κ1) is 17.2. The van der Waals surface area contributed by atoms with E-state index in [2.05, 4.69) is 15.4 Å². The highest BCUT2D eigenvalue weighted by Crippen LogP contribution is 2.27. The van der Waals surface area contributed by atoms with Crippen molar-refractivity contribution >= 4 is 34.1 Å². The average molecular weight is 381 g/mol. The Bertz CT molecular complexity index is 1130. The number of carbonyl (C=O) groups excluding carboxylic acids is 1. The van der Waals surface area contributed by atoms with Crippen LogP contribution in [0.4, 0.5) is 10.1 Å². The minimum absolute atomic E-state index is 0.330. The van der Waals surface area contributed by atoms with Gasteiger partial charge in [0.1, 0.15) is 5.82 Å². The Kier molecular flexibility index (Phi) is 4.33. The number of para-hydroxylation sites is 1. The van der Waals surface area contributed by atoms with Gasteiger partial charge in [-0.2, -0.15) is 5.10 Å². The van der Waals surface area contributed by atoms with Crippen LogP contribution in [-0.4, -0.2) is 20.7 Å². The Balaban J connectivity index is 1.75. The van der Waals surface area contributed by atoms with Crippen LogP contribution in [0.5, 0.6) is 0 Å². The van der Waals surface area contributed by atoms with E-state index in [1.54, 1.807) is 35.3 Å². The number of aryl methyl sites for hydroxylation is 1. The van der Waals surface area contributed by atoms with Crippen molar-refractivity contribution in [1.82, 2.24) is 14.8 Å². The van der Waals surface area contributed by atoms with E-state index in [9.17, 15) is 9.18 Å². The monoisotopic (exact) mass is 380 g/mol. The maximum Gasteiger partial charge on any atom is 0.258 e. The molecule has 4 rings (SSSR count). The minimum atomic E-state index is -0.331. The van der Waals surface area contributed by atoms with Gasteiger partial charge in [-0.15, -0.1) is 0 Å². The highest BCUT2D eigenvalue weighted by atomic mass is 35.5. The van der Waals surface area contributed by atoms with Gasteiger partial charge in [0.05, 0.1) is 39.9 Å². The van der Waals surface area contributed by atoms with Gasteiger partial charge in [0, 0.05) is 11.6 Å². The molecule has 0 aliphatic carbocycles. The molecule has 0 unspecified atom stereocenters. The average Bonchev–Trinajstić information content (AvgIpc) is 3.09. The molecule has 1 amide bonds. The van der Waals surface area contributed by atoms with Crippen LogP contribution in [0.3, 0.4) is 0 Å². The number of hydrogen-bond donors (Lipinski definition) is 1. The Labute approximate surface area is 159 Å². The molecule has 0 atom stereocenters. The van der Waals surface area contributed by atoms with E-state index in [0.717, 1.165) is 5.56 Å². The molecule has 0 saturated heterocycles. The lowest BCUT2D eigenvalue weighted by atomic mass is 10.1. The fourth-order valence-electron chi connectivity index (χ4n) is 2.88. The number of halogens is 2. The second kappa shape index (κ2) is 6.81. The van der Waals surface area contributed by atoms with Crippen LogP contribution in [0.25, 0.3) is 16.6 Å². The molecule has 5 nitrogen and oxygen atoms in total. The van der Waals surface area contributed by atoms with Crippen molar-refractivity contribution in [2.24, 2.45) is 0 Å². The molecule has 2 heterocycles. The van der Waals surface area contributed by atoms with E-state index in [0.29, 0.717) is 32.9 Å². The number of pyridine rings is 1. The number of hydrogen-bond acceptors (Lipinski definition) is 3. The van der Waals surface area contributed by atoms with E-state index in [1.807, 2.05) is 19.1 Å². The highest BCUT2D eigenvalue weighted by molar-refractivity contribution is 6.34. The number of rotatable bonds is 3. The maximum absolute atomic E-state index is 13.2. The van der Waals surface area contributed by atoms with Gasteiger partial charge >= 0.3 is 0 Å². The minimum Gasteiger partial charge on any atom is -0.320 e. The fraction of sp³-hybridized carbons (Fsp3) is 0.0500. The smallest absolute Gasteiger partial charge is 0.258 e. The van der Waals surface area contributed by atoms with Crippen LogP contribution < -0.4 is 5.32 Å². The van der Waals surface area contributed by atoms with Crippen molar-refractivity contribution in [2.45, 2.75) is 6.92 Å². The predicted octanol–water partition coefficient (Wildman–Crippen LogP) is 4.77. The molecule has 0 radical (unpaired) electrons. The number of nitrogens with zero attached hydrogens (tertiary/aromatic N) is 3. The van der Waals surface area contributed by atoms with Crippen molar-refractivity contribution < 1.29 is 9.18 Å². The van der Waals surface area contributed by atoms with Crippen LogP contribution in [0.2, 0.25) is 5.02 Å². The summed E-state index contributed by atoms with van der Waals surface area (Å²) in [6.45, 7) is 1.87. The van der Waals surface area contributed by atoms with Gasteiger partial charge in [0.15, 0.2) is 0 Å². The second-order valence-electron chi connectivity index (χ2n) is 6.04. The molecule has 7 heteroatoms. The van der Waals surface area contributed by atoms with Crippen molar-refractivity contribution in [3.8, 4) is 5.69 Å². The normalized spacial score (nSPS) is 10.9. The van der Waals surface area contributed by atoms with E-state index in [4.69, 9.17) is 11.6 Å². The summed E-state index contributed by atoms with van der Waals surface area (Å²) in [5.41, 5.74) is 3.11. The summed E-state index contributed by atoms with van der Waals surface area (Å²) in [4.78, 5) is 17.0. The SMILES string of the molecule is Cc1cccc(Cl)c1NC(=O)c1cncc2c1cnn2-c1ccc(F)cc1. The number of benzene rings is 2. The highest BCUT2D eigenvalue weighted by Gasteiger charge is 2.16. The molecule has 134 valence electrons. The molecular weight excluding hydrogens is 367 g/mol. The first-order valence-electron chi connectivity index (χ1n) is 8.19. The Morgan fingerprint density at radius 3 is 2.63 bits per heavy atom. The Morgan fingerprint density at radius 2 is 1.89 bits per heavy atom. The number of nitrogens with one attached hydrogen (secondary N) is 1. The lowest BCUT2D eigenvalue weighted by Crippen LogP contribution is -2.14. The molecule has 2 aromatic carbocycles. The number of anilines is 1. The summed E-state index contributed by atoms with van der Waals surface area (Å²) in [5.74, 6) is -0.661. The van der Waals surface area contributed by atoms with Crippen molar-refractivity contribution in [3.05, 3.63) is 83.0 Å². The molecular formula is C20H14ClFN4O. The van der Waals surface area contributed by atoms with E-state index in [-0.39, 0.29) is 11.7 Å². The molecule has 27 heavy (non-hydrogen) atoms. The molecule has 1 N–H and O–H groups in total. The van der Waals surface area contributed by atoms with Crippen LogP contribution >= 0.6 is 11.6 Å². The topological polar surface area (TPSA) is 59.8 Å². The summed E-state index contributed by atoms with van der Waals surface area (Å²) in [6, 6.07) is 11.3. The molecule has 0 bridgehead atoms. The summed E-state index contributed by atoms with van der Waals surface area (Å²) < 4.78 is 14.8. The van der Waals surface area contributed by atoms with Gasteiger partial charge in [-0.25, -0.2) is 9.07 Å². The van der Waals surface area contributed by atoms with Crippen LogP contribution in [0, 0.1) is 12.7 Å². The zero-order valence-electron chi connectivity index (χ0n) is 14.3. The van der Waals surface area contributed by atoms with Gasteiger partial charge < -0.3 is 5.32 Å². The predicted molar refractivity (Wildman–Crippen MR) is 103 cm³/mol. The molecule has 4 aromatic rings. The van der Waals surface area contributed by atoms with Gasteiger partial charge in [-0.1, -0.05) is 23.7 Å². The molecule has 0 aliphatic heterocycles. The lowest BCUT2D eigenvalue weighted by molar-refractivity contribution is 0.102. The summed E-state index contributed by atoms with van der Waals surface area (Å²) in [6.07, 6.45) is 4.69. The summed E-state index contributed by atoms with van der Waals surface area (Å²) >= 11 is 6.20.